The lowest BCUT2D eigenvalue weighted by Crippen LogP contribution is -1.98. The van der Waals surface area contributed by atoms with E-state index < -0.39 is 0 Å². The van der Waals surface area contributed by atoms with Crippen LogP contribution in [-0.2, 0) is 0 Å². The molecule has 4 heteroatoms. The molecule has 262 valence electrons. The van der Waals surface area contributed by atoms with Gasteiger partial charge in [-0.05, 0) is 71.8 Å². The van der Waals surface area contributed by atoms with Crippen molar-refractivity contribution in [2.75, 3.05) is 0 Å². The number of nitrogens with zero attached hydrogens (tertiary/aromatic N) is 4. The third kappa shape index (κ3) is 5.15. The van der Waals surface area contributed by atoms with E-state index in [1.165, 1.54) is 27.1 Å². The van der Waals surface area contributed by atoms with Crippen LogP contribution in [0.1, 0.15) is 0 Å². The number of aromatic nitrogens is 4. The Labute approximate surface area is 324 Å². The highest BCUT2D eigenvalue weighted by Crippen LogP contribution is 2.45. The SMILES string of the molecule is c1ccc(-c2cc(-c3cc4c(cc3-c3cccc5c3c3ccccc3n5-c3ccccc3)c3ccccc3n4-c3ccccc3)nc(-c3ccccc3)n2)cc1. The van der Waals surface area contributed by atoms with Crippen molar-refractivity contribution in [2.24, 2.45) is 0 Å². The largest absolute Gasteiger partial charge is 0.309 e. The van der Waals surface area contributed by atoms with Crippen LogP contribution in [0.4, 0.5) is 0 Å². The Balaban J connectivity index is 1.29. The van der Waals surface area contributed by atoms with Crippen molar-refractivity contribution < 1.29 is 0 Å². The minimum Gasteiger partial charge on any atom is -0.309 e. The van der Waals surface area contributed by atoms with Crippen LogP contribution < -0.4 is 0 Å². The van der Waals surface area contributed by atoms with Crippen LogP contribution in [0.3, 0.4) is 0 Å². The first-order chi connectivity index (χ1) is 27.8. The van der Waals surface area contributed by atoms with Crippen LogP contribution in [0.2, 0.25) is 0 Å². The molecule has 0 N–H and O–H groups in total. The number of para-hydroxylation sites is 4. The summed E-state index contributed by atoms with van der Waals surface area (Å²) in [5, 5.41) is 4.81. The Morgan fingerprint density at radius 2 is 0.821 bits per heavy atom. The summed E-state index contributed by atoms with van der Waals surface area (Å²) in [6, 6.07) is 73.2. The number of hydrogen-bond acceptors (Lipinski definition) is 2. The lowest BCUT2D eigenvalue weighted by Gasteiger charge is -2.16. The number of fused-ring (bicyclic) bond motifs is 6. The van der Waals surface area contributed by atoms with Gasteiger partial charge in [-0.1, -0.05) is 146 Å². The number of rotatable bonds is 6. The molecule has 11 rings (SSSR count). The highest BCUT2D eigenvalue weighted by Gasteiger charge is 2.23. The molecular weight excluding hydrogens is 681 g/mol. The molecule has 0 aliphatic heterocycles. The van der Waals surface area contributed by atoms with Crippen LogP contribution >= 0.6 is 0 Å². The third-order valence-corrected chi connectivity index (χ3v) is 10.9. The van der Waals surface area contributed by atoms with Gasteiger partial charge in [0.2, 0.25) is 0 Å². The van der Waals surface area contributed by atoms with E-state index in [2.05, 4.69) is 191 Å². The van der Waals surface area contributed by atoms with Gasteiger partial charge in [-0.2, -0.15) is 0 Å². The van der Waals surface area contributed by atoms with Gasteiger partial charge < -0.3 is 9.13 Å². The van der Waals surface area contributed by atoms with Crippen molar-refractivity contribution >= 4 is 43.6 Å². The van der Waals surface area contributed by atoms with E-state index in [0.29, 0.717) is 5.82 Å². The third-order valence-electron chi connectivity index (χ3n) is 10.9. The molecule has 0 saturated heterocycles. The summed E-state index contributed by atoms with van der Waals surface area (Å²) in [5.41, 5.74) is 13.9. The smallest absolute Gasteiger partial charge is 0.160 e. The molecule has 0 spiro atoms. The fraction of sp³-hybridized carbons (Fsp3) is 0. The van der Waals surface area contributed by atoms with E-state index >= 15 is 0 Å². The first-order valence-electron chi connectivity index (χ1n) is 19.0. The molecule has 0 radical (unpaired) electrons. The summed E-state index contributed by atoms with van der Waals surface area (Å²) < 4.78 is 4.77. The van der Waals surface area contributed by atoms with Gasteiger partial charge >= 0.3 is 0 Å². The molecule has 0 saturated carbocycles. The molecule has 0 amide bonds. The van der Waals surface area contributed by atoms with Crippen LogP contribution in [0.25, 0.3) is 100 Å². The fourth-order valence-electron chi connectivity index (χ4n) is 8.46. The van der Waals surface area contributed by atoms with E-state index in [4.69, 9.17) is 9.97 Å². The minimum atomic E-state index is 0.690. The molecule has 0 aliphatic carbocycles. The molecule has 56 heavy (non-hydrogen) atoms. The Kier molecular flexibility index (Phi) is 7.46. The monoisotopic (exact) mass is 714 g/mol. The van der Waals surface area contributed by atoms with Gasteiger partial charge in [0.1, 0.15) is 0 Å². The summed E-state index contributed by atoms with van der Waals surface area (Å²) in [6.07, 6.45) is 0. The molecule has 0 atom stereocenters. The lowest BCUT2D eigenvalue weighted by atomic mass is 9.91. The molecule has 0 unspecified atom stereocenters. The fourth-order valence-corrected chi connectivity index (χ4v) is 8.46. The summed E-state index contributed by atoms with van der Waals surface area (Å²) in [6.45, 7) is 0. The number of benzene rings is 8. The predicted molar refractivity (Wildman–Crippen MR) is 232 cm³/mol. The predicted octanol–water partition coefficient (Wildman–Crippen LogP) is 13.3. The zero-order valence-electron chi connectivity index (χ0n) is 30.4. The quantitative estimate of drug-likeness (QED) is 0.172. The molecule has 11 aromatic rings. The van der Waals surface area contributed by atoms with Gasteiger partial charge in [-0.3, -0.25) is 0 Å². The summed E-state index contributed by atoms with van der Waals surface area (Å²) in [4.78, 5) is 10.6. The lowest BCUT2D eigenvalue weighted by molar-refractivity contribution is 1.17. The van der Waals surface area contributed by atoms with E-state index in [1.54, 1.807) is 0 Å². The molecule has 0 bridgehead atoms. The maximum atomic E-state index is 5.42. The second kappa shape index (κ2) is 13.1. The molecule has 0 aliphatic rings. The summed E-state index contributed by atoms with van der Waals surface area (Å²) >= 11 is 0. The first-order valence-corrected chi connectivity index (χ1v) is 19.0. The summed E-state index contributed by atoms with van der Waals surface area (Å²) in [7, 11) is 0. The van der Waals surface area contributed by atoms with Crippen molar-refractivity contribution in [3.05, 3.63) is 206 Å². The first kappa shape index (κ1) is 31.9. The van der Waals surface area contributed by atoms with E-state index in [1.807, 2.05) is 24.3 Å². The van der Waals surface area contributed by atoms with Crippen LogP contribution in [0.5, 0.6) is 0 Å². The molecule has 8 aromatic carbocycles. The minimum absolute atomic E-state index is 0.690. The normalized spacial score (nSPS) is 11.6. The van der Waals surface area contributed by atoms with Crippen molar-refractivity contribution in [2.45, 2.75) is 0 Å². The van der Waals surface area contributed by atoms with E-state index in [9.17, 15) is 0 Å². The average molecular weight is 715 g/mol. The van der Waals surface area contributed by atoms with Gasteiger partial charge in [0.05, 0.1) is 33.5 Å². The van der Waals surface area contributed by atoms with Gasteiger partial charge in [-0.25, -0.2) is 9.97 Å². The van der Waals surface area contributed by atoms with Crippen molar-refractivity contribution in [3.63, 3.8) is 0 Å². The highest BCUT2D eigenvalue weighted by molar-refractivity contribution is 6.19. The Hall–Kier alpha value is -7.56. The van der Waals surface area contributed by atoms with Crippen molar-refractivity contribution in [1.82, 2.24) is 19.1 Å². The zero-order chi connectivity index (χ0) is 37.0. The van der Waals surface area contributed by atoms with Crippen molar-refractivity contribution in [1.29, 1.82) is 0 Å². The maximum absolute atomic E-state index is 5.42. The second-order valence-electron chi connectivity index (χ2n) is 14.2. The van der Waals surface area contributed by atoms with E-state index in [0.717, 1.165) is 67.1 Å². The van der Waals surface area contributed by atoms with E-state index in [-0.39, 0.29) is 0 Å². The van der Waals surface area contributed by atoms with Gasteiger partial charge in [0, 0.05) is 49.6 Å². The summed E-state index contributed by atoms with van der Waals surface area (Å²) in [5.74, 6) is 0.690. The maximum Gasteiger partial charge on any atom is 0.160 e. The topological polar surface area (TPSA) is 35.6 Å². The van der Waals surface area contributed by atoms with Crippen LogP contribution in [-0.4, -0.2) is 19.1 Å². The van der Waals surface area contributed by atoms with Crippen LogP contribution in [0.15, 0.2) is 206 Å². The highest BCUT2D eigenvalue weighted by atomic mass is 15.0. The number of hydrogen-bond donors (Lipinski definition) is 0. The molecule has 0 fully saturated rings. The van der Waals surface area contributed by atoms with Gasteiger partial charge in [0.25, 0.3) is 0 Å². The molecule has 3 heterocycles. The zero-order valence-corrected chi connectivity index (χ0v) is 30.4. The van der Waals surface area contributed by atoms with Crippen molar-refractivity contribution in [3.8, 4) is 56.4 Å². The van der Waals surface area contributed by atoms with Gasteiger partial charge in [-0.15, -0.1) is 0 Å². The van der Waals surface area contributed by atoms with Crippen LogP contribution in [0, 0.1) is 0 Å². The second-order valence-corrected chi connectivity index (χ2v) is 14.2. The average Bonchev–Trinajstić information content (AvgIpc) is 3.79. The standard InChI is InChI=1S/C52H34N4/c1-5-18-35(19-6-1)45-34-46(54-52(53-45)36-20-7-2-8-21-36)43-33-50-44(39-26-13-15-29-47(39)56(50)38-24-11-4-12-25-38)32-42(43)40-28-17-31-49-51(40)41-27-14-16-30-48(41)55(49)37-22-9-3-10-23-37/h1-34H. The molecule has 4 nitrogen and oxygen atoms in total. The molecular formula is C52H34N4. The Morgan fingerprint density at radius 3 is 1.50 bits per heavy atom. The molecule has 3 aromatic heterocycles. The Bertz CT molecular complexity index is 3160. The van der Waals surface area contributed by atoms with Gasteiger partial charge in [0.15, 0.2) is 5.82 Å². The Morgan fingerprint density at radius 1 is 0.304 bits per heavy atom.